The lowest BCUT2D eigenvalue weighted by atomic mass is 10.0. The highest BCUT2D eigenvalue weighted by Gasteiger charge is 2.17. The smallest absolute Gasteiger partial charge is 0.223 e. The van der Waals surface area contributed by atoms with Gasteiger partial charge in [-0.3, -0.25) is 9.69 Å². The van der Waals surface area contributed by atoms with Gasteiger partial charge in [-0.05, 0) is 25.0 Å². The molecule has 1 aliphatic rings. The van der Waals surface area contributed by atoms with Gasteiger partial charge in [-0.1, -0.05) is 23.8 Å². The van der Waals surface area contributed by atoms with E-state index in [0.29, 0.717) is 0 Å². The van der Waals surface area contributed by atoms with E-state index in [-0.39, 0.29) is 11.2 Å². The van der Waals surface area contributed by atoms with Crippen molar-refractivity contribution in [3.8, 4) is 5.75 Å². The molecule has 3 rings (SSSR count). The van der Waals surface area contributed by atoms with Crippen LogP contribution in [-0.4, -0.2) is 21.1 Å². The molecule has 0 spiro atoms. The summed E-state index contributed by atoms with van der Waals surface area (Å²) >= 11 is 0. The van der Waals surface area contributed by atoms with Crippen LogP contribution >= 0.6 is 0 Å². The van der Waals surface area contributed by atoms with E-state index in [1.54, 1.807) is 12.3 Å². The maximum atomic E-state index is 11.6. The van der Waals surface area contributed by atoms with Gasteiger partial charge in [0.05, 0.1) is 6.20 Å². The zero-order chi connectivity index (χ0) is 15.0. The van der Waals surface area contributed by atoms with Crippen LogP contribution in [0, 0.1) is 13.8 Å². The van der Waals surface area contributed by atoms with Crippen molar-refractivity contribution in [1.29, 1.82) is 0 Å². The monoisotopic (exact) mass is 284 g/mol. The summed E-state index contributed by atoms with van der Waals surface area (Å²) in [5.41, 5.74) is 4.59. The van der Waals surface area contributed by atoms with Gasteiger partial charge in [0.1, 0.15) is 0 Å². The molecule has 4 heteroatoms. The van der Waals surface area contributed by atoms with Crippen LogP contribution in [0.25, 0.3) is 0 Å². The molecule has 0 saturated heterocycles. The lowest BCUT2D eigenvalue weighted by Gasteiger charge is -2.30. The highest BCUT2D eigenvalue weighted by Crippen LogP contribution is 2.18. The van der Waals surface area contributed by atoms with Crippen molar-refractivity contribution >= 4 is 0 Å². The number of aryl methyl sites for hydroxylation is 2. The van der Waals surface area contributed by atoms with E-state index in [4.69, 9.17) is 0 Å². The minimum Gasteiger partial charge on any atom is -0.503 e. The molecule has 0 radical (unpaired) electrons. The number of benzene rings is 1. The van der Waals surface area contributed by atoms with Crippen molar-refractivity contribution < 1.29 is 5.11 Å². The normalized spacial score (nSPS) is 15.0. The third-order valence-electron chi connectivity index (χ3n) is 4.13. The molecule has 0 amide bonds. The standard InChI is InChI=1S/C17H20N2O2/c1-12-3-4-14(13(2)7-12)9-18-5-6-19-11-17(21)16(20)8-15(19)10-18/h3-4,7-8,11,21H,5-6,9-10H2,1-2H3. The first-order valence-corrected chi connectivity index (χ1v) is 7.24. The van der Waals surface area contributed by atoms with Gasteiger partial charge >= 0.3 is 0 Å². The second kappa shape index (κ2) is 5.37. The van der Waals surface area contributed by atoms with Crippen molar-refractivity contribution in [2.24, 2.45) is 0 Å². The lowest BCUT2D eigenvalue weighted by molar-refractivity contribution is 0.209. The quantitative estimate of drug-likeness (QED) is 0.919. The topological polar surface area (TPSA) is 45.5 Å². The minimum atomic E-state index is -0.297. The molecule has 21 heavy (non-hydrogen) atoms. The van der Waals surface area contributed by atoms with Crippen molar-refractivity contribution in [3.63, 3.8) is 0 Å². The summed E-state index contributed by atoms with van der Waals surface area (Å²) in [7, 11) is 0. The number of aromatic nitrogens is 1. The molecule has 0 atom stereocenters. The molecule has 0 saturated carbocycles. The summed E-state index contributed by atoms with van der Waals surface area (Å²) in [5.74, 6) is -0.165. The third kappa shape index (κ3) is 2.85. The predicted molar refractivity (Wildman–Crippen MR) is 82.4 cm³/mol. The SMILES string of the molecule is Cc1ccc(CN2CCn3cc(O)c(=O)cc3C2)c(C)c1. The lowest BCUT2D eigenvalue weighted by Crippen LogP contribution is -2.34. The zero-order valence-electron chi connectivity index (χ0n) is 12.5. The van der Waals surface area contributed by atoms with E-state index >= 15 is 0 Å². The van der Waals surface area contributed by atoms with Crippen LogP contribution in [0.1, 0.15) is 22.4 Å². The number of nitrogens with zero attached hydrogens (tertiary/aromatic N) is 2. The highest BCUT2D eigenvalue weighted by atomic mass is 16.3. The number of aromatic hydroxyl groups is 1. The summed E-state index contributed by atoms with van der Waals surface area (Å²) in [5, 5.41) is 9.49. The van der Waals surface area contributed by atoms with Crippen molar-refractivity contribution in [3.05, 3.63) is 63.1 Å². The average Bonchev–Trinajstić information content (AvgIpc) is 2.43. The molecule has 0 aliphatic carbocycles. The van der Waals surface area contributed by atoms with Crippen molar-refractivity contribution in [2.75, 3.05) is 6.54 Å². The minimum absolute atomic E-state index is 0.165. The fourth-order valence-electron chi connectivity index (χ4n) is 2.90. The average molecular weight is 284 g/mol. The molecular formula is C17H20N2O2. The Morgan fingerprint density at radius 2 is 2.00 bits per heavy atom. The highest BCUT2D eigenvalue weighted by molar-refractivity contribution is 5.30. The molecule has 1 aromatic carbocycles. The summed E-state index contributed by atoms with van der Waals surface area (Å²) in [6.07, 6.45) is 1.55. The molecule has 2 aromatic rings. The second-order valence-electron chi connectivity index (χ2n) is 5.85. The van der Waals surface area contributed by atoms with Crippen LogP contribution in [0.3, 0.4) is 0 Å². The van der Waals surface area contributed by atoms with E-state index < -0.39 is 0 Å². The van der Waals surface area contributed by atoms with E-state index in [0.717, 1.165) is 31.9 Å². The molecule has 1 aliphatic heterocycles. The van der Waals surface area contributed by atoms with Gasteiger partial charge in [0.2, 0.25) is 5.43 Å². The van der Waals surface area contributed by atoms with Gasteiger partial charge in [0.25, 0.3) is 0 Å². The number of fused-ring (bicyclic) bond motifs is 1. The summed E-state index contributed by atoms with van der Waals surface area (Å²) < 4.78 is 1.97. The Morgan fingerprint density at radius 3 is 2.76 bits per heavy atom. The molecule has 1 N–H and O–H groups in total. The predicted octanol–water partition coefficient (Wildman–Crippen LogP) is 2.19. The first-order valence-electron chi connectivity index (χ1n) is 7.24. The Morgan fingerprint density at radius 1 is 1.19 bits per heavy atom. The van der Waals surface area contributed by atoms with Gasteiger partial charge in [-0.25, -0.2) is 0 Å². The van der Waals surface area contributed by atoms with Crippen LogP contribution in [0.5, 0.6) is 5.75 Å². The maximum absolute atomic E-state index is 11.6. The number of hydrogen-bond acceptors (Lipinski definition) is 3. The molecule has 4 nitrogen and oxygen atoms in total. The van der Waals surface area contributed by atoms with Gasteiger partial charge < -0.3 is 9.67 Å². The molecule has 1 aromatic heterocycles. The molecule has 0 fully saturated rings. The first-order chi connectivity index (χ1) is 10.0. The fraction of sp³-hybridized carbons (Fsp3) is 0.353. The van der Waals surface area contributed by atoms with Crippen LogP contribution in [0.15, 0.2) is 35.3 Å². The zero-order valence-corrected chi connectivity index (χ0v) is 12.5. The van der Waals surface area contributed by atoms with Crippen LogP contribution in [0.4, 0.5) is 0 Å². The van der Waals surface area contributed by atoms with Gasteiger partial charge in [-0.15, -0.1) is 0 Å². The van der Waals surface area contributed by atoms with E-state index in [9.17, 15) is 9.90 Å². The molecule has 2 heterocycles. The second-order valence-corrected chi connectivity index (χ2v) is 5.85. The summed E-state index contributed by atoms with van der Waals surface area (Å²) in [4.78, 5) is 13.9. The first kappa shape index (κ1) is 13.9. The molecular weight excluding hydrogens is 264 g/mol. The van der Waals surface area contributed by atoms with Gasteiger partial charge in [-0.2, -0.15) is 0 Å². The van der Waals surface area contributed by atoms with Crippen molar-refractivity contribution in [1.82, 2.24) is 9.47 Å². The largest absolute Gasteiger partial charge is 0.503 e. The van der Waals surface area contributed by atoms with Crippen LogP contribution < -0.4 is 5.43 Å². The van der Waals surface area contributed by atoms with Crippen LogP contribution in [0.2, 0.25) is 0 Å². The van der Waals surface area contributed by atoms with Crippen molar-refractivity contribution in [2.45, 2.75) is 33.5 Å². The number of hydrogen-bond donors (Lipinski definition) is 1. The van der Waals surface area contributed by atoms with Crippen LogP contribution in [-0.2, 0) is 19.6 Å². The molecule has 0 unspecified atom stereocenters. The van der Waals surface area contributed by atoms with E-state index in [1.165, 1.54) is 16.7 Å². The number of rotatable bonds is 2. The Hall–Kier alpha value is -2.07. The number of pyridine rings is 1. The van der Waals surface area contributed by atoms with E-state index in [1.807, 2.05) is 4.57 Å². The maximum Gasteiger partial charge on any atom is 0.223 e. The Bertz CT molecular complexity index is 734. The third-order valence-corrected chi connectivity index (χ3v) is 4.13. The Labute approximate surface area is 124 Å². The van der Waals surface area contributed by atoms with Gasteiger partial charge in [0, 0.05) is 37.9 Å². The van der Waals surface area contributed by atoms with E-state index in [2.05, 4.69) is 36.9 Å². The summed E-state index contributed by atoms with van der Waals surface area (Å²) in [6.45, 7) is 7.59. The van der Waals surface area contributed by atoms with Gasteiger partial charge in [0.15, 0.2) is 5.75 Å². The summed E-state index contributed by atoms with van der Waals surface area (Å²) in [6, 6.07) is 8.07. The Balaban J connectivity index is 1.80. The Kier molecular flexibility index (Phi) is 3.55. The molecule has 0 bridgehead atoms. The molecule has 110 valence electrons. The fourth-order valence-corrected chi connectivity index (χ4v) is 2.90.